The van der Waals surface area contributed by atoms with Gasteiger partial charge in [0.1, 0.15) is 17.8 Å². The van der Waals surface area contributed by atoms with E-state index in [9.17, 15) is 22.4 Å². The average molecular weight is 510 g/mol. The third-order valence-electron chi connectivity index (χ3n) is 5.75. The summed E-state index contributed by atoms with van der Waals surface area (Å²) < 4.78 is 59.7. The highest BCUT2D eigenvalue weighted by Gasteiger charge is 2.34. The van der Waals surface area contributed by atoms with Gasteiger partial charge in [-0.1, -0.05) is 0 Å². The highest BCUT2D eigenvalue weighted by molar-refractivity contribution is 6.12. The van der Waals surface area contributed by atoms with Gasteiger partial charge < -0.3 is 20.8 Å². The van der Waals surface area contributed by atoms with E-state index in [-0.39, 0.29) is 5.69 Å². The topological polar surface area (TPSA) is 114 Å². The first-order valence-electron chi connectivity index (χ1n) is 10.8. The number of carbonyl (C=O) groups is 1. The Labute approximate surface area is 207 Å². The van der Waals surface area contributed by atoms with Crippen molar-refractivity contribution in [3.63, 3.8) is 0 Å². The molecular weight excluding hydrogens is 492 g/mol. The van der Waals surface area contributed by atoms with Crippen LogP contribution in [0.5, 0.6) is 0 Å². The van der Waals surface area contributed by atoms with E-state index in [2.05, 4.69) is 9.98 Å². The van der Waals surface area contributed by atoms with Gasteiger partial charge in [0.15, 0.2) is 0 Å². The second-order valence-corrected chi connectivity index (χ2v) is 8.03. The number of furan rings is 1. The quantitative estimate of drug-likeness (QED) is 0.347. The predicted octanol–water partition coefficient (Wildman–Crippen LogP) is 5.61. The van der Waals surface area contributed by atoms with Crippen LogP contribution in [0.4, 0.5) is 45.3 Å². The molecule has 1 atom stereocenters. The third kappa shape index (κ3) is 4.38. The van der Waals surface area contributed by atoms with Crippen molar-refractivity contribution >= 4 is 34.8 Å². The fourth-order valence-electron chi connectivity index (χ4n) is 4.04. The number of nitrogens with zero attached hydrogens (tertiary/aromatic N) is 4. The largest absolute Gasteiger partial charge is 0.446 e. The lowest BCUT2D eigenvalue weighted by Gasteiger charge is -2.34. The van der Waals surface area contributed by atoms with Crippen molar-refractivity contribution in [3.8, 4) is 0 Å². The minimum atomic E-state index is -4.74. The molecule has 3 heterocycles. The van der Waals surface area contributed by atoms with Crippen molar-refractivity contribution in [1.29, 1.82) is 0 Å². The lowest BCUT2D eigenvalue weighted by atomic mass is 10.1. The highest BCUT2D eigenvalue weighted by atomic mass is 19.4. The molecule has 4 N–H and O–H groups in total. The van der Waals surface area contributed by atoms with Crippen LogP contribution in [0.1, 0.15) is 22.9 Å². The van der Waals surface area contributed by atoms with E-state index in [4.69, 9.17) is 15.9 Å². The summed E-state index contributed by atoms with van der Waals surface area (Å²) in [5, 5.41) is 0. The van der Waals surface area contributed by atoms with Crippen LogP contribution in [-0.2, 0) is 6.18 Å². The van der Waals surface area contributed by atoms with Gasteiger partial charge in [-0.15, -0.1) is 0 Å². The van der Waals surface area contributed by atoms with Crippen LogP contribution in [0.25, 0.3) is 0 Å². The monoisotopic (exact) mass is 510 g/mol. The van der Waals surface area contributed by atoms with Gasteiger partial charge in [0.2, 0.25) is 5.88 Å². The molecule has 2 aromatic carbocycles. The maximum absolute atomic E-state index is 14.6. The molecule has 8 nitrogen and oxygen atoms in total. The van der Waals surface area contributed by atoms with Crippen LogP contribution in [-0.4, -0.2) is 16.9 Å². The molecule has 1 unspecified atom stereocenters. The third-order valence-corrected chi connectivity index (χ3v) is 5.75. The number of carbonyl (C=O) groups excluding carboxylic acids is 1. The Kier molecular flexibility index (Phi) is 5.88. The molecule has 1 aliphatic rings. The fraction of sp³-hybridized carbons (Fsp3) is 0.0800. The summed E-state index contributed by atoms with van der Waals surface area (Å²) in [7, 11) is 0. The van der Waals surface area contributed by atoms with Gasteiger partial charge >= 0.3 is 12.2 Å². The highest BCUT2D eigenvalue weighted by Crippen LogP contribution is 2.39. The number of benzene rings is 2. The second kappa shape index (κ2) is 9.06. The standard InChI is InChI=1S/C25H18F4N6O2/c26-19-8-3-15(25(27,28)29)12-20(19)34(24(31)36)16-4-6-17(7-5-16)35-21(30)18-9-11-37-23(18)33-22(35)14-2-1-10-32-13-14/h1-13,21H,30H2,(H2,31,36). The van der Waals surface area contributed by atoms with Gasteiger partial charge in [0.25, 0.3) is 0 Å². The number of rotatable bonds is 4. The van der Waals surface area contributed by atoms with E-state index < -0.39 is 35.4 Å². The van der Waals surface area contributed by atoms with E-state index in [1.807, 2.05) is 0 Å². The molecule has 0 bridgehead atoms. The average Bonchev–Trinajstić information content (AvgIpc) is 3.35. The minimum absolute atomic E-state index is 0.0453. The van der Waals surface area contributed by atoms with Gasteiger partial charge in [-0.05, 0) is 60.7 Å². The van der Waals surface area contributed by atoms with Crippen molar-refractivity contribution in [2.24, 2.45) is 16.5 Å². The summed E-state index contributed by atoms with van der Waals surface area (Å²) in [6.07, 6.45) is -0.772. The van der Waals surface area contributed by atoms with Crippen LogP contribution in [0.15, 0.2) is 88.7 Å². The number of fused-ring (bicyclic) bond motifs is 1. The summed E-state index contributed by atoms with van der Waals surface area (Å²) in [4.78, 5) is 23.3. The zero-order chi connectivity index (χ0) is 26.3. The Bertz CT molecular complexity index is 1490. The molecule has 188 valence electrons. The summed E-state index contributed by atoms with van der Waals surface area (Å²) >= 11 is 0. The molecule has 4 aromatic rings. The van der Waals surface area contributed by atoms with Crippen molar-refractivity contribution in [2.75, 3.05) is 9.80 Å². The molecule has 0 saturated heterocycles. The van der Waals surface area contributed by atoms with Crippen molar-refractivity contribution < 1.29 is 26.8 Å². The zero-order valence-electron chi connectivity index (χ0n) is 18.9. The molecule has 0 saturated carbocycles. The smallest absolute Gasteiger partial charge is 0.416 e. The Morgan fingerprint density at radius 3 is 2.49 bits per heavy atom. The van der Waals surface area contributed by atoms with Gasteiger partial charge in [-0.25, -0.2) is 9.18 Å². The van der Waals surface area contributed by atoms with Gasteiger partial charge in [-0.3, -0.25) is 9.88 Å². The van der Waals surface area contributed by atoms with Gasteiger partial charge in [-0.2, -0.15) is 18.2 Å². The number of aromatic nitrogens is 1. The summed E-state index contributed by atoms with van der Waals surface area (Å²) in [5.41, 5.74) is 12.1. The number of urea groups is 1. The molecule has 12 heteroatoms. The van der Waals surface area contributed by atoms with Crippen molar-refractivity contribution in [2.45, 2.75) is 12.3 Å². The molecule has 2 amide bonds. The first kappa shape index (κ1) is 24.0. The minimum Gasteiger partial charge on any atom is -0.446 e. The Morgan fingerprint density at radius 2 is 1.84 bits per heavy atom. The molecular formula is C25H18F4N6O2. The van der Waals surface area contributed by atoms with Crippen LogP contribution in [0.3, 0.4) is 0 Å². The van der Waals surface area contributed by atoms with Crippen molar-refractivity contribution in [1.82, 2.24) is 4.98 Å². The molecule has 0 fully saturated rings. The number of amidine groups is 1. The number of alkyl halides is 3. The zero-order valence-corrected chi connectivity index (χ0v) is 18.9. The number of hydrogen-bond donors (Lipinski definition) is 2. The van der Waals surface area contributed by atoms with E-state index in [0.717, 1.165) is 0 Å². The van der Waals surface area contributed by atoms with E-state index in [1.54, 1.807) is 47.6 Å². The van der Waals surface area contributed by atoms with Crippen molar-refractivity contribution in [3.05, 3.63) is 102 Å². The Morgan fingerprint density at radius 1 is 1.08 bits per heavy atom. The van der Waals surface area contributed by atoms with E-state index >= 15 is 0 Å². The summed E-state index contributed by atoms with van der Waals surface area (Å²) in [6.45, 7) is 0. The molecule has 0 radical (unpaired) electrons. The fourth-order valence-corrected chi connectivity index (χ4v) is 4.04. The molecule has 37 heavy (non-hydrogen) atoms. The van der Waals surface area contributed by atoms with Crippen LogP contribution in [0.2, 0.25) is 0 Å². The number of anilines is 3. The Hall–Kier alpha value is -4.71. The summed E-state index contributed by atoms with van der Waals surface area (Å²) in [6, 6.07) is 11.8. The first-order chi connectivity index (χ1) is 17.6. The lowest BCUT2D eigenvalue weighted by Crippen LogP contribution is -2.42. The number of nitrogens with two attached hydrogens (primary N) is 2. The molecule has 2 aromatic heterocycles. The maximum atomic E-state index is 14.6. The molecule has 0 aliphatic carbocycles. The van der Waals surface area contributed by atoms with Crippen LogP contribution >= 0.6 is 0 Å². The van der Waals surface area contributed by atoms with Gasteiger partial charge in [0.05, 0.1) is 28.8 Å². The van der Waals surface area contributed by atoms with E-state index in [1.165, 1.54) is 18.4 Å². The summed E-state index contributed by atoms with van der Waals surface area (Å²) in [5.74, 6) is -0.266. The van der Waals surface area contributed by atoms with Gasteiger partial charge in [0, 0.05) is 23.6 Å². The number of hydrogen-bond acceptors (Lipinski definition) is 6. The normalized spacial score (nSPS) is 15.2. The first-order valence-corrected chi connectivity index (χ1v) is 10.8. The Balaban J connectivity index is 1.56. The molecule has 5 rings (SSSR count). The molecule has 1 aliphatic heterocycles. The second-order valence-electron chi connectivity index (χ2n) is 8.03. The lowest BCUT2D eigenvalue weighted by molar-refractivity contribution is -0.137. The SMILES string of the molecule is NC(=O)N(c1ccc(N2C(c3cccnc3)=Nc3occc3C2N)cc1)c1cc(C(F)(F)F)ccc1F. The predicted molar refractivity (Wildman–Crippen MR) is 128 cm³/mol. The number of aliphatic imine (C=N–C) groups is 1. The number of primary amides is 1. The number of halogens is 4. The number of pyridine rings is 1. The van der Waals surface area contributed by atoms with Crippen LogP contribution in [0, 0.1) is 5.82 Å². The molecule has 0 spiro atoms. The van der Waals surface area contributed by atoms with E-state index in [0.29, 0.717) is 51.6 Å². The maximum Gasteiger partial charge on any atom is 0.416 e. The van der Waals surface area contributed by atoms with Crippen LogP contribution < -0.4 is 21.3 Å². The number of amides is 2.